The molecule has 2 aromatic rings. The van der Waals surface area contributed by atoms with Gasteiger partial charge in [-0.2, -0.15) is 4.52 Å². The van der Waals surface area contributed by atoms with E-state index in [-0.39, 0.29) is 17.8 Å². The highest BCUT2D eigenvalue weighted by Crippen LogP contribution is 1.97. The smallest absolute Gasteiger partial charge is 0.311 e. The average molecular weight is 222 g/mol. The first kappa shape index (κ1) is 10.3. The zero-order valence-electron chi connectivity index (χ0n) is 8.64. The molecule has 0 aromatic carbocycles. The van der Waals surface area contributed by atoms with Crippen molar-refractivity contribution in [2.75, 3.05) is 6.61 Å². The number of rotatable bonds is 3. The number of nitrogens with zero attached hydrogens (tertiary/aromatic N) is 3. The Bertz CT molecular complexity index is 571. The maximum atomic E-state index is 11.5. The van der Waals surface area contributed by atoms with Gasteiger partial charge in [-0.15, -0.1) is 0 Å². The van der Waals surface area contributed by atoms with Crippen LogP contribution < -0.4 is 5.56 Å². The number of aromatic amines is 1. The van der Waals surface area contributed by atoms with Gasteiger partial charge < -0.3 is 4.74 Å². The number of carbonyl (C=O) groups excluding carboxylic acids is 1. The molecule has 2 heterocycles. The van der Waals surface area contributed by atoms with Gasteiger partial charge >= 0.3 is 5.97 Å². The predicted molar refractivity (Wildman–Crippen MR) is 53.9 cm³/mol. The van der Waals surface area contributed by atoms with Crippen LogP contribution in [0.4, 0.5) is 0 Å². The van der Waals surface area contributed by atoms with Crippen LogP contribution in [-0.4, -0.2) is 32.2 Å². The van der Waals surface area contributed by atoms with Crippen LogP contribution in [0.2, 0.25) is 0 Å². The SMILES string of the molecule is CCOC(=O)Cc1cc(=O)n2[nH]cnc2n1. The Balaban J connectivity index is 2.31. The van der Waals surface area contributed by atoms with Gasteiger partial charge in [-0.3, -0.25) is 14.7 Å². The van der Waals surface area contributed by atoms with Crippen molar-refractivity contribution in [1.82, 2.24) is 19.6 Å². The first-order valence-electron chi connectivity index (χ1n) is 4.78. The summed E-state index contributed by atoms with van der Waals surface area (Å²) in [6, 6.07) is 1.28. The van der Waals surface area contributed by atoms with Crippen LogP contribution >= 0.6 is 0 Å². The van der Waals surface area contributed by atoms with Crippen molar-refractivity contribution in [3.8, 4) is 0 Å². The quantitative estimate of drug-likeness (QED) is 0.708. The molecule has 0 spiro atoms. The van der Waals surface area contributed by atoms with Gasteiger partial charge in [-0.05, 0) is 6.92 Å². The summed E-state index contributed by atoms with van der Waals surface area (Å²) in [5.74, 6) is -0.166. The van der Waals surface area contributed by atoms with Crippen LogP contribution in [0, 0.1) is 0 Å². The third-order valence-corrected chi connectivity index (χ3v) is 1.95. The minimum atomic E-state index is -0.408. The molecule has 0 atom stereocenters. The molecule has 0 amide bonds. The van der Waals surface area contributed by atoms with E-state index in [1.807, 2.05) is 0 Å². The van der Waals surface area contributed by atoms with Crippen LogP contribution in [0.25, 0.3) is 5.78 Å². The molecule has 0 aliphatic rings. The fraction of sp³-hybridized carbons (Fsp3) is 0.333. The van der Waals surface area contributed by atoms with E-state index in [0.717, 1.165) is 0 Å². The van der Waals surface area contributed by atoms with Crippen molar-refractivity contribution in [3.05, 3.63) is 28.4 Å². The van der Waals surface area contributed by atoms with E-state index in [0.29, 0.717) is 12.3 Å². The number of hydrogen-bond acceptors (Lipinski definition) is 5. The molecular weight excluding hydrogens is 212 g/mol. The number of fused-ring (bicyclic) bond motifs is 1. The topological polar surface area (TPSA) is 89.4 Å². The van der Waals surface area contributed by atoms with E-state index < -0.39 is 5.97 Å². The summed E-state index contributed by atoms with van der Waals surface area (Å²) in [5, 5.41) is 2.61. The third-order valence-electron chi connectivity index (χ3n) is 1.95. The molecular formula is C9H10N4O3. The van der Waals surface area contributed by atoms with Crippen molar-refractivity contribution in [2.24, 2.45) is 0 Å². The molecule has 2 rings (SSSR count). The number of aromatic nitrogens is 4. The fourth-order valence-corrected chi connectivity index (χ4v) is 1.32. The molecule has 84 valence electrons. The lowest BCUT2D eigenvalue weighted by molar-refractivity contribution is -0.142. The van der Waals surface area contributed by atoms with Crippen LogP contribution in [0.1, 0.15) is 12.6 Å². The molecule has 0 fully saturated rings. The second-order valence-corrected chi connectivity index (χ2v) is 3.09. The molecule has 0 bridgehead atoms. The van der Waals surface area contributed by atoms with Crippen molar-refractivity contribution >= 4 is 11.7 Å². The molecule has 1 N–H and O–H groups in total. The van der Waals surface area contributed by atoms with Gasteiger partial charge in [0.15, 0.2) is 0 Å². The van der Waals surface area contributed by atoms with E-state index >= 15 is 0 Å². The standard InChI is InChI=1S/C9H10N4O3/c1-2-16-8(15)4-6-3-7(14)13-9(12-6)10-5-11-13/h3,5H,2,4H2,1H3,(H,10,11,12). The second kappa shape index (κ2) is 4.13. The van der Waals surface area contributed by atoms with E-state index in [2.05, 4.69) is 15.1 Å². The fourth-order valence-electron chi connectivity index (χ4n) is 1.32. The summed E-state index contributed by atoms with van der Waals surface area (Å²) >= 11 is 0. The van der Waals surface area contributed by atoms with Crippen molar-refractivity contribution in [2.45, 2.75) is 13.3 Å². The third kappa shape index (κ3) is 1.92. The summed E-state index contributed by atoms with van der Waals surface area (Å²) in [7, 11) is 0. The van der Waals surface area contributed by atoms with Crippen LogP contribution in [0.5, 0.6) is 0 Å². The summed E-state index contributed by atoms with van der Waals surface area (Å²) in [5.41, 5.74) is 0.0531. The lowest BCUT2D eigenvalue weighted by Crippen LogP contribution is -2.18. The molecule has 7 nitrogen and oxygen atoms in total. The maximum absolute atomic E-state index is 11.5. The Morgan fingerprint density at radius 3 is 3.19 bits per heavy atom. The monoisotopic (exact) mass is 222 g/mol. The zero-order valence-corrected chi connectivity index (χ0v) is 8.64. The number of hydrogen-bond donors (Lipinski definition) is 1. The molecule has 0 saturated carbocycles. The summed E-state index contributed by atoms with van der Waals surface area (Å²) in [6.45, 7) is 2.03. The summed E-state index contributed by atoms with van der Waals surface area (Å²) in [6.07, 6.45) is 1.34. The van der Waals surface area contributed by atoms with Gasteiger partial charge in [0.2, 0.25) is 0 Å². The lowest BCUT2D eigenvalue weighted by Gasteiger charge is -2.00. The number of esters is 1. The highest BCUT2D eigenvalue weighted by atomic mass is 16.5. The Morgan fingerprint density at radius 2 is 2.44 bits per heavy atom. The molecule has 0 aliphatic carbocycles. The number of ether oxygens (including phenoxy) is 1. The molecule has 0 radical (unpaired) electrons. The molecule has 0 aliphatic heterocycles. The van der Waals surface area contributed by atoms with E-state index in [4.69, 9.17) is 4.74 Å². The number of carbonyl (C=O) groups is 1. The van der Waals surface area contributed by atoms with Gasteiger partial charge in [-0.1, -0.05) is 0 Å². The maximum Gasteiger partial charge on any atom is 0.311 e. The van der Waals surface area contributed by atoms with Gasteiger partial charge in [0.1, 0.15) is 6.33 Å². The van der Waals surface area contributed by atoms with Gasteiger partial charge in [0.05, 0.1) is 18.7 Å². The lowest BCUT2D eigenvalue weighted by atomic mass is 10.3. The van der Waals surface area contributed by atoms with Crippen LogP contribution in [0.3, 0.4) is 0 Å². The van der Waals surface area contributed by atoms with Gasteiger partial charge in [-0.25, -0.2) is 9.97 Å². The Morgan fingerprint density at radius 1 is 1.62 bits per heavy atom. The molecule has 0 saturated heterocycles. The average Bonchev–Trinajstić information content (AvgIpc) is 2.66. The van der Waals surface area contributed by atoms with Crippen molar-refractivity contribution in [1.29, 1.82) is 0 Å². The number of H-pyrrole nitrogens is 1. The predicted octanol–water partition coefficient (Wildman–Crippen LogP) is -0.477. The minimum absolute atomic E-state index is 0.0214. The Hall–Kier alpha value is -2.18. The molecule has 7 heteroatoms. The van der Waals surface area contributed by atoms with Gasteiger partial charge in [0.25, 0.3) is 11.3 Å². The van der Waals surface area contributed by atoms with E-state index in [1.165, 1.54) is 16.9 Å². The largest absolute Gasteiger partial charge is 0.466 e. The molecule has 16 heavy (non-hydrogen) atoms. The minimum Gasteiger partial charge on any atom is -0.466 e. The highest BCUT2D eigenvalue weighted by Gasteiger charge is 2.09. The molecule has 2 aromatic heterocycles. The summed E-state index contributed by atoms with van der Waals surface area (Å²) < 4.78 is 5.95. The van der Waals surface area contributed by atoms with Crippen molar-refractivity contribution in [3.63, 3.8) is 0 Å². The van der Waals surface area contributed by atoms with Gasteiger partial charge in [0, 0.05) is 6.07 Å². The molecule has 0 unspecified atom stereocenters. The second-order valence-electron chi connectivity index (χ2n) is 3.09. The zero-order chi connectivity index (χ0) is 11.5. The Labute approximate surface area is 90.1 Å². The Kier molecular flexibility index (Phi) is 2.67. The van der Waals surface area contributed by atoms with Crippen LogP contribution in [0.15, 0.2) is 17.2 Å². The first-order chi connectivity index (χ1) is 7.70. The van der Waals surface area contributed by atoms with E-state index in [9.17, 15) is 9.59 Å². The normalized spacial score (nSPS) is 10.6. The summed E-state index contributed by atoms with van der Waals surface area (Å²) in [4.78, 5) is 30.6. The van der Waals surface area contributed by atoms with E-state index in [1.54, 1.807) is 6.92 Å². The highest BCUT2D eigenvalue weighted by molar-refractivity contribution is 5.72. The number of nitrogens with one attached hydrogen (secondary N) is 1. The first-order valence-corrected chi connectivity index (χ1v) is 4.78. The van der Waals surface area contributed by atoms with Crippen LogP contribution in [-0.2, 0) is 16.0 Å². The van der Waals surface area contributed by atoms with Crippen molar-refractivity contribution < 1.29 is 9.53 Å².